The van der Waals surface area contributed by atoms with Gasteiger partial charge in [0, 0.05) is 0 Å². The Bertz CT molecular complexity index is 502. The summed E-state index contributed by atoms with van der Waals surface area (Å²) in [6.07, 6.45) is 16.5. The summed E-state index contributed by atoms with van der Waals surface area (Å²) in [7, 11) is 0. The van der Waals surface area contributed by atoms with Crippen LogP contribution >= 0.6 is 0 Å². The van der Waals surface area contributed by atoms with E-state index in [1.807, 2.05) is 57.2 Å². The third-order valence-corrected chi connectivity index (χ3v) is 3.91. The lowest BCUT2D eigenvalue weighted by molar-refractivity contribution is -0.151. The summed E-state index contributed by atoms with van der Waals surface area (Å²) in [5.41, 5.74) is 0. The van der Waals surface area contributed by atoms with Crippen molar-refractivity contribution in [2.45, 2.75) is 59.3 Å². The van der Waals surface area contributed by atoms with Crippen molar-refractivity contribution in [3.63, 3.8) is 0 Å². The Hall–Kier alpha value is -2.41. The first-order valence-electron chi connectivity index (χ1n) is 11.2. The Morgan fingerprint density at radius 3 is 1.10 bits per heavy atom. The van der Waals surface area contributed by atoms with E-state index in [1.165, 1.54) is 4.90 Å². The van der Waals surface area contributed by atoms with Crippen LogP contribution in [-0.2, 0) is 28.6 Å². The summed E-state index contributed by atoms with van der Waals surface area (Å²) in [6, 6.07) is 0. The summed E-state index contributed by atoms with van der Waals surface area (Å²) < 4.78 is 15.5. The van der Waals surface area contributed by atoms with Crippen LogP contribution in [0.5, 0.6) is 0 Å². The zero-order chi connectivity index (χ0) is 23.2. The molecule has 0 unspecified atom stereocenters. The number of allylic oxidation sites excluding steroid dienone is 3. The average molecular weight is 438 g/mol. The van der Waals surface area contributed by atoms with E-state index >= 15 is 0 Å². The Morgan fingerprint density at radius 2 is 0.839 bits per heavy atom. The molecule has 0 aliphatic rings. The third-order valence-electron chi connectivity index (χ3n) is 3.91. The van der Waals surface area contributed by atoms with Crippen molar-refractivity contribution in [2.75, 3.05) is 39.5 Å². The highest BCUT2D eigenvalue weighted by molar-refractivity contribution is 5.78. The molecule has 7 heteroatoms. The summed E-state index contributed by atoms with van der Waals surface area (Å²) in [4.78, 5) is 37.7. The number of ether oxygens (including phenoxy) is 3. The van der Waals surface area contributed by atoms with Gasteiger partial charge in [0.15, 0.2) is 0 Å². The lowest BCUT2D eigenvalue weighted by atomic mass is 10.3. The second-order valence-corrected chi connectivity index (χ2v) is 6.81. The van der Waals surface area contributed by atoms with Crippen LogP contribution in [0.25, 0.3) is 0 Å². The molecule has 0 aromatic carbocycles. The zero-order valence-electron chi connectivity index (χ0n) is 19.3. The molecule has 0 rings (SSSR count). The second kappa shape index (κ2) is 20.8. The molecule has 0 N–H and O–H groups in total. The maximum atomic E-state index is 12.1. The molecule has 0 aromatic heterocycles. The number of hydrogen-bond donors (Lipinski definition) is 0. The van der Waals surface area contributed by atoms with Crippen molar-refractivity contribution in [1.82, 2.24) is 4.90 Å². The smallest absolute Gasteiger partial charge is 0.320 e. The standard InChI is InChI=1S/C24H39NO6/c1-4-7-10-13-16-29-22(26)19-25(20-23(27)30-17-14-11-8-5-2)21-24(28)31-18-15-12-9-6-3/h7-12H,4-6,13-21H2,1-3H3/b10-7-,11-8-,12-9-. The molecule has 0 atom stereocenters. The quantitative estimate of drug-likeness (QED) is 0.139. The second-order valence-electron chi connectivity index (χ2n) is 6.81. The zero-order valence-corrected chi connectivity index (χ0v) is 19.3. The lowest BCUT2D eigenvalue weighted by Crippen LogP contribution is -2.40. The van der Waals surface area contributed by atoms with Gasteiger partial charge >= 0.3 is 17.9 Å². The van der Waals surface area contributed by atoms with E-state index in [0.29, 0.717) is 19.3 Å². The molecule has 0 radical (unpaired) electrons. The van der Waals surface area contributed by atoms with Gasteiger partial charge in [-0.15, -0.1) is 0 Å². The number of hydrogen-bond acceptors (Lipinski definition) is 7. The fourth-order valence-corrected chi connectivity index (χ4v) is 2.43. The molecule has 176 valence electrons. The molecule has 0 aliphatic carbocycles. The Morgan fingerprint density at radius 1 is 0.548 bits per heavy atom. The summed E-state index contributed by atoms with van der Waals surface area (Å²) >= 11 is 0. The van der Waals surface area contributed by atoms with E-state index in [2.05, 4.69) is 0 Å². The van der Waals surface area contributed by atoms with E-state index in [-0.39, 0.29) is 39.5 Å². The molecule has 31 heavy (non-hydrogen) atoms. The van der Waals surface area contributed by atoms with Crippen LogP contribution < -0.4 is 0 Å². The van der Waals surface area contributed by atoms with Crippen LogP contribution in [0.1, 0.15) is 59.3 Å². The minimum absolute atomic E-state index is 0.187. The molecular formula is C24H39NO6. The van der Waals surface area contributed by atoms with E-state index < -0.39 is 17.9 Å². The van der Waals surface area contributed by atoms with Gasteiger partial charge in [0.25, 0.3) is 0 Å². The fourth-order valence-electron chi connectivity index (χ4n) is 2.43. The van der Waals surface area contributed by atoms with Gasteiger partial charge in [0.05, 0.1) is 39.5 Å². The van der Waals surface area contributed by atoms with Gasteiger partial charge in [-0.2, -0.15) is 0 Å². The van der Waals surface area contributed by atoms with Crippen LogP contribution in [0.2, 0.25) is 0 Å². The minimum Gasteiger partial charge on any atom is -0.464 e. The van der Waals surface area contributed by atoms with E-state index in [9.17, 15) is 14.4 Å². The van der Waals surface area contributed by atoms with Crippen molar-refractivity contribution < 1.29 is 28.6 Å². The van der Waals surface area contributed by atoms with Gasteiger partial charge in [-0.3, -0.25) is 19.3 Å². The molecule has 0 aromatic rings. The largest absolute Gasteiger partial charge is 0.464 e. The van der Waals surface area contributed by atoms with Crippen LogP contribution in [0.4, 0.5) is 0 Å². The van der Waals surface area contributed by atoms with E-state index in [1.54, 1.807) is 0 Å². The van der Waals surface area contributed by atoms with E-state index in [4.69, 9.17) is 14.2 Å². The van der Waals surface area contributed by atoms with Gasteiger partial charge in [-0.25, -0.2) is 0 Å². The summed E-state index contributed by atoms with van der Waals surface area (Å²) in [5, 5.41) is 0. The van der Waals surface area contributed by atoms with Crippen LogP contribution in [0.15, 0.2) is 36.5 Å². The lowest BCUT2D eigenvalue weighted by Gasteiger charge is -2.19. The third kappa shape index (κ3) is 19.3. The number of esters is 3. The van der Waals surface area contributed by atoms with Crippen LogP contribution in [0, 0.1) is 0 Å². The first-order valence-corrected chi connectivity index (χ1v) is 11.2. The predicted octanol–water partition coefficient (Wildman–Crippen LogP) is 3.99. The number of nitrogens with zero attached hydrogens (tertiary/aromatic N) is 1. The normalized spacial score (nSPS) is 11.6. The Kier molecular flexibility index (Phi) is 19.2. The first kappa shape index (κ1) is 28.6. The number of carbonyl (C=O) groups is 3. The molecule has 0 aliphatic heterocycles. The van der Waals surface area contributed by atoms with Gasteiger partial charge in [0.1, 0.15) is 0 Å². The van der Waals surface area contributed by atoms with Gasteiger partial charge < -0.3 is 14.2 Å². The molecule has 0 amide bonds. The molecule has 0 saturated carbocycles. The van der Waals surface area contributed by atoms with Crippen molar-refractivity contribution >= 4 is 17.9 Å². The van der Waals surface area contributed by atoms with E-state index in [0.717, 1.165) is 19.3 Å². The fraction of sp³-hybridized carbons (Fsp3) is 0.625. The molecule has 0 heterocycles. The minimum atomic E-state index is -0.498. The number of carbonyl (C=O) groups excluding carboxylic acids is 3. The molecule has 0 bridgehead atoms. The summed E-state index contributed by atoms with van der Waals surface area (Å²) in [6.45, 7) is 6.28. The topological polar surface area (TPSA) is 82.1 Å². The first-order chi connectivity index (χ1) is 15.0. The van der Waals surface area contributed by atoms with Gasteiger partial charge in [0.2, 0.25) is 0 Å². The van der Waals surface area contributed by atoms with Gasteiger partial charge in [-0.1, -0.05) is 57.2 Å². The molecule has 7 nitrogen and oxygen atoms in total. The van der Waals surface area contributed by atoms with Crippen molar-refractivity contribution in [1.29, 1.82) is 0 Å². The predicted molar refractivity (Wildman–Crippen MR) is 121 cm³/mol. The van der Waals surface area contributed by atoms with Gasteiger partial charge in [-0.05, 0) is 38.5 Å². The monoisotopic (exact) mass is 437 g/mol. The molecule has 0 saturated heterocycles. The highest BCUT2D eigenvalue weighted by Gasteiger charge is 2.20. The molecular weight excluding hydrogens is 398 g/mol. The highest BCUT2D eigenvalue weighted by atomic mass is 16.5. The maximum absolute atomic E-state index is 12.1. The average Bonchev–Trinajstić information content (AvgIpc) is 2.73. The Labute approximate surface area is 187 Å². The van der Waals surface area contributed by atoms with Crippen LogP contribution in [0.3, 0.4) is 0 Å². The molecule has 0 fully saturated rings. The Balaban J connectivity index is 4.57. The number of rotatable bonds is 18. The maximum Gasteiger partial charge on any atom is 0.320 e. The molecule has 0 spiro atoms. The highest BCUT2D eigenvalue weighted by Crippen LogP contribution is 1.98. The van der Waals surface area contributed by atoms with Crippen LogP contribution in [-0.4, -0.2) is 62.3 Å². The SMILES string of the molecule is CC/C=C\CCOC(=O)CN(CC(=O)OCC/C=C\CC)CC(=O)OCC/C=C\CC. The van der Waals surface area contributed by atoms with Crippen molar-refractivity contribution in [3.8, 4) is 0 Å². The van der Waals surface area contributed by atoms with Crippen molar-refractivity contribution in [3.05, 3.63) is 36.5 Å². The van der Waals surface area contributed by atoms with Crippen molar-refractivity contribution in [2.24, 2.45) is 0 Å². The summed E-state index contributed by atoms with van der Waals surface area (Å²) in [5.74, 6) is -1.49.